The topological polar surface area (TPSA) is 57.5 Å². The first kappa shape index (κ1) is 21.4. The summed E-state index contributed by atoms with van der Waals surface area (Å²) in [4.78, 5) is 7.39. The van der Waals surface area contributed by atoms with Crippen molar-refractivity contribution >= 4 is 5.96 Å². The molecule has 6 nitrogen and oxygen atoms in total. The molecule has 0 bridgehead atoms. The standard InChI is InChI=1S/C23H36N6/c1-4-24-23(25-14-10-20-11-16-28(5-2)17-12-20)27-19(3)21-8-6-9-22(18-21)29-15-7-13-26-29/h6-9,13,15,18-20H,4-5,10-12,14,16-17H2,1-3H3,(H2,24,25,27). The van der Waals surface area contributed by atoms with Crippen LogP contribution in [0.15, 0.2) is 47.7 Å². The number of hydrogen-bond donors (Lipinski definition) is 2. The fourth-order valence-electron chi connectivity index (χ4n) is 3.92. The lowest BCUT2D eigenvalue weighted by atomic mass is 9.94. The maximum Gasteiger partial charge on any atom is 0.191 e. The third-order valence-corrected chi connectivity index (χ3v) is 5.80. The third-order valence-electron chi connectivity index (χ3n) is 5.80. The summed E-state index contributed by atoms with van der Waals surface area (Å²) in [6.07, 6.45) is 7.56. The average Bonchev–Trinajstić information content (AvgIpc) is 3.29. The summed E-state index contributed by atoms with van der Waals surface area (Å²) in [5.41, 5.74) is 2.29. The SMILES string of the molecule is CCNC(=NCCC1CCN(CC)CC1)NC(C)c1cccc(-n2cccn2)c1. The summed E-state index contributed by atoms with van der Waals surface area (Å²) in [5, 5.41) is 11.3. The molecular formula is C23H36N6. The van der Waals surface area contributed by atoms with Crippen molar-refractivity contribution in [2.45, 2.75) is 46.1 Å². The second kappa shape index (κ2) is 11.0. The van der Waals surface area contributed by atoms with Gasteiger partial charge < -0.3 is 15.5 Å². The molecule has 0 amide bonds. The Hall–Kier alpha value is -2.34. The predicted molar refractivity (Wildman–Crippen MR) is 121 cm³/mol. The summed E-state index contributed by atoms with van der Waals surface area (Å²) in [5.74, 6) is 1.71. The minimum Gasteiger partial charge on any atom is -0.357 e. The Balaban J connectivity index is 1.55. The molecule has 3 rings (SSSR count). The highest BCUT2D eigenvalue weighted by Gasteiger charge is 2.17. The molecule has 0 radical (unpaired) electrons. The Morgan fingerprint density at radius 2 is 2.07 bits per heavy atom. The lowest BCUT2D eigenvalue weighted by Crippen LogP contribution is -2.39. The third kappa shape index (κ3) is 6.32. The van der Waals surface area contributed by atoms with Crippen LogP contribution in [0.3, 0.4) is 0 Å². The van der Waals surface area contributed by atoms with E-state index in [1.54, 1.807) is 6.20 Å². The van der Waals surface area contributed by atoms with Crippen LogP contribution in [0.4, 0.5) is 0 Å². The Kier molecular flexibility index (Phi) is 8.11. The molecule has 1 aliphatic rings. The van der Waals surface area contributed by atoms with E-state index in [2.05, 4.69) is 65.7 Å². The number of benzene rings is 1. The van der Waals surface area contributed by atoms with Crippen molar-refractivity contribution in [3.05, 3.63) is 48.3 Å². The number of aromatic nitrogens is 2. The fraction of sp³-hybridized carbons (Fsp3) is 0.565. The second-order valence-corrected chi connectivity index (χ2v) is 7.84. The number of nitrogens with one attached hydrogen (secondary N) is 2. The zero-order valence-corrected chi connectivity index (χ0v) is 18.1. The summed E-state index contributed by atoms with van der Waals surface area (Å²) in [6, 6.07) is 10.6. The van der Waals surface area contributed by atoms with Gasteiger partial charge in [-0.2, -0.15) is 5.10 Å². The van der Waals surface area contributed by atoms with E-state index in [9.17, 15) is 0 Å². The van der Waals surface area contributed by atoms with Crippen LogP contribution in [0.1, 0.15) is 51.6 Å². The van der Waals surface area contributed by atoms with Gasteiger partial charge in [0.25, 0.3) is 0 Å². The summed E-state index contributed by atoms with van der Waals surface area (Å²) in [6.45, 7) is 12.0. The predicted octanol–water partition coefficient (Wildman–Crippen LogP) is 3.61. The first-order chi connectivity index (χ1) is 14.2. The summed E-state index contributed by atoms with van der Waals surface area (Å²) in [7, 11) is 0. The van der Waals surface area contributed by atoms with Crippen LogP contribution in [0.5, 0.6) is 0 Å². The molecule has 29 heavy (non-hydrogen) atoms. The van der Waals surface area contributed by atoms with Crippen LogP contribution in [-0.2, 0) is 0 Å². The van der Waals surface area contributed by atoms with Gasteiger partial charge in [-0.3, -0.25) is 4.99 Å². The largest absolute Gasteiger partial charge is 0.357 e. The minimum atomic E-state index is 0.163. The normalized spacial score (nSPS) is 17.3. The molecule has 6 heteroatoms. The van der Waals surface area contributed by atoms with Gasteiger partial charge in [0.1, 0.15) is 0 Å². The Labute approximate surface area is 175 Å². The molecule has 1 saturated heterocycles. The van der Waals surface area contributed by atoms with Crippen molar-refractivity contribution in [3.63, 3.8) is 0 Å². The molecule has 2 N–H and O–H groups in total. The zero-order chi connectivity index (χ0) is 20.5. The fourth-order valence-corrected chi connectivity index (χ4v) is 3.92. The van der Waals surface area contributed by atoms with Crippen molar-refractivity contribution in [2.75, 3.05) is 32.7 Å². The van der Waals surface area contributed by atoms with Gasteiger partial charge in [0.2, 0.25) is 0 Å². The summed E-state index contributed by atoms with van der Waals surface area (Å²) >= 11 is 0. The van der Waals surface area contributed by atoms with Gasteiger partial charge in [-0.1, -0.05) is 19.1 Å². The molecule has 158 valence electrons. The maximum atomic E-state index is 4.85. The average molecular weight is 397 g/mol. The maximum absolute atomic E-state index is 4.85. The molecule has 0 spiro atoms. The Bertz CT molecular complexity index is 746. The van der Waals surface area contributed by atoms with E-state index in [4.69, 9.17) is 4.99 Å². The number of rotatable bonds is 8. The molecule has 1 atom stereocenters. The van der Waals surface area contributed by atoms with Crippen LogP contribution in [0, 0.1) is 5.92 Å². The smallest absolute Gasteiger partial charge is 0.191 e. The Morgan fingerprint density at radius 3 is 2.76 bits per heavy atom. The highest BCUT2D eigenvalue weighted by Crippen LogP contribution is 2.20. The van der Waals surface area contributed by atoms with Gasteiger partial charge in [0.05, 0.1) is 11.7 Å². The van der Waals surface area contributed by atoms with Gasteiger partial charge in [0, 0.05) is 25.5 Å². The first-order valence-corrected chi connectivity index (χ1v) is 11.1. The molecule has 0 saturated carbocycles. The van der Waals surface area contributed by atoms with E-state index in [-0.39, 0.29) is 6.04 Å². The van der Waals surface area contributed by atoms with Gasteiger partial charge >= 0.3 is 0 Å². The van der Waals surface area contributed by atoms with E-state index in [1.165, 1.54) is 44.5 Å². The summed E-state index contributed by atoms with van der Waals surface area (Å²) < 4.78 is 1.89. The first-order valence-electron chi connectivity index (χ1n) is 11.1. The molecule has 1 aromatic heterocycles. The molecule has 2 aromatic rings. The van der Waals surface area contributed by atoms with E-state index in [0.717, 1.165) is 30.7 Å². The van der Waals surface area contributed by atoms with Crippen LogP contribution in [0.25, 0.3) is 5.69 Å². The van der Waals surface area contributed by atoms with Gasteiger partial charge in [-0.15, -0.1) is 0 Å². The van der Waals surface area contributed by atoms with Gasteiger partial charge in [-0.05, 0) is 82.4 Å². The number of aliphatic imine (C=N–C) groups is 1. The monoisotopic (exact) mass is 396 g/mol. The van der Waals surface area contributed by atoms with Crippen molar-refractivity contribution in [2.24, 2.45) is 10.9 Å². The molecule has 0 aliphatic carbocycles. The highest BCUT2D eigenvalue weighted by atomic mass is 15.3. The van der Waals surface area contributed by atoms with Crippen molar-refractivity contribution in [1.82, 2.24) is 25.3 Å². The van der Waals surface area contributed by atoms with E-state index < -0.39 is 0 Å². The van der Waals surface area contributed by atoms with Crippen LogP contribution in [0.2, 0.25) is 0 Å². The van der Waals surface area contributed by atoms with Crippen LogP contribution >= 0.6 is 0 Å². The number of piperidine rings is 1. The number of guanidine groups is 1. The molecule has 1 unspecified atom stereocenters. The molecule has 1 aliphatic heterocycles. The molecular weight excluding hydrogens is 360 g/mol. The minimum absolute atomic E-state index is 0.163. The van der Waals surface area contributed by atoms with Crippen molar-refractivity contribution in [1.29, 1.82) is 0 Å². The Morgan fingerprint density at radius 1 is 1.24 bits per heavy atom. The van der Waals surface area contributed by atoms with E-state index in [0.29, 0.717) is 0 Å². The lowest BCUT2D eigenvalue weighted by molar-refractivity contribution is 0.188. The molecule has 1 aromatic carbocycles. The van der Waals surface area contributed by atoms with E-state index >= 15 is 0 Å². The zero-order valence-electron chi connectivity index (χ0n) is 18.1. The molecule has 2 heterocycles. The quantitative estimate of drug-likeness (QED) is 0.529. The van der Waals surface area contributed by atoms with Gasteiger partial charge in [-0.25, -0.2) is 4.68 Å². The van der Waals surface area contributed by atoms with Crippen LogP contribution in [-0.4, -0.2) is 53.4 Å². The van der Waals surface area contributed by atoms with Crippen molar-refractivity contribution < 1.29 is 0 Å². The highest BCUT2D eigenvalue weighted by molar-refractivity contribution is 5.80. The van der Waals surface area contributed by atoms with Crippen LogP contribution < -0.4 is 10.6 Å². The van der Waals surface area contributed by atoms with E-state index in [1.807, 2.05) is 16.9 Å². The number of nitrogens with zero attached hydrogens (tertiary/aromatic N) is 4. The number of likely N-dealkylation sites (tertiary alicyclic amines) is 1. The lowest BCUT2D eigenvalue weighted by Gasteiger charge is -2.30. The van der Waals surface area contributed by atoms with Gasteiger partial charge in [0.15, 0.2) is 5.96 Å². The van der Waals surface area contributed by atoms with Crippen molar-refractivity contribution in [3.8, 4) is 5.69 Å². The second-order valence-electron chi connectivity index (χ2n) is 7.84. The molecule has 1 fully saturated rings. The number of hydrogen-bond acceptors (Lipinski definition) is 3.